The molecule has 1 fully saturated rings. The van der Waals surface area contributed by atoms with Crippen LogP contribution in [0.25, 0.3) is 0 Å². The van der Waals surface area contributed by atoms with Crippen molar-refractivity contribution in [3.63, 3.8) is 0 Å². The van der Waals surface area contributed by atoms with E-state index < -0.39 is 0 Å². The van der Waals surface area contributed by atoms with Crippen LogP contribution < -0.4 is 10.6 Å². The van der Waals surface area contributed by atoms with E-state index in [1.165, 1.54) is 12.1 Å². The molecule has 2 rings (SSSR count). The SMILES string of the molecule is CCC(=O)N1CCC(NC(=NC)NCCc2ccc(F)cc2)C1.I. The molecule has 1 aliphatic heterocycles. The highest BCUT2D eigenvalue weighted by Gasteiger charge is 2.25. The normalized spacial score (nSPS) is 17.4. The van der Waals surface area contributed by atoms with Crippen LogP contribution in [-0.4, -0.2) is 49.5 Å². The second-order valence-electron chi connectivity index (χ2n) is 5.70. The average Bonchev–Trinajstić information content (AvgIpc) is 3.03. The summed E-state index contributed by atoms with van der Waals surface area (Å²) in [5.41, 5.74) is 1.08. The van der Waals surface area contributed by atoms with Gasteiger partial charge in [-0.2, -0.15) is 0 Å². The maximum Gasteiger partial charge on any atom is 0.222 e. The third-order valence-corrected chi connectivity index (χ3v) is 4.03. The molecule has 134 valence electrons. The fourth-order valence-corrected chi connectivity index (χ4v) is 2.69. The van der Waals surface area contributed by atoms with Gasteiger partial charge in [-0.05, 0) is 30.5 Å². The number of guanidine groups is 1. The summed E-state index contributed by atoms with van der Waals surface area (Å²) in [4.78, 5) is 17.8. The van der Waals surface area contributed by atoms with Crippen molar-refractivity contribution in [1.29, 1.82) is 0 Å². The third-order valence-electron chi connectivity index (χ3n) is 4.03. The van der Waals surface area contributed by atoms with Crippen molar-refractivity contribution in [2.24, 2.45) is 4.99 Å². The Morgan fingerprint density at radius 3 is 2.71 bits per heavy atom. The lowest BCUT2D eigenvalue weighted by Crippen LogP contribution is -2.45. The minimum absolute atomic E-state index is 0. The molecular weight excluding hydrogens is 422 g/mol. The zero-order chi connectivity index (χ0) is 16.7. The van der Waals surface area contributed by atoms with E-state index in [4.69, 9.17) is 0 Å². The summed E-state index contributed by atoms with van der Waals surface area (Å²) in [7, 11) is 1.73. The smallest absolute Gasteiger partial charge is 0.222 e. The van der Waals surface area contributed by atoms with E-state index in [0.717, 1.165) is 44.0 Å². The molecule has 1 atom stereocenters. The molecule has 1 heterocycles. The molecule has 1 saturated heterocycles. The predicted molar refractivity (Wildman–Crippen MR) is 105 cm³/mol. The first kappa shape index (κ1) is 20.7. The number of carbonyl (C=O) groups is 1. The molecule has 1 unspecified atom stereocenters. The largest absolute Gasteiger partial charge is 0.356 e. The summed E-state index contributed by atoms with van der Waals surface area (Å²) in [5.74, 6) is 0.725. The maximum absolute atomic E-state index is 12.9. The first-order valence-electron chi connectivity index (χ1n) is 8.11. The number of carbonyl (C=O) groups excluding carboxylic acids is 1. The topological polar surface area (TPSA) is 56.7 Å². The standard InChI is InChI=1S/C17H25FN4O.HI/c1-3-16(23)22-11-9-15(12-22)21-17(19-2)20-10-8-13-4-6-14(18)7-5-13;/h4-7,15H,3,8-12H2,1-2H3,(H2,19,20,21);1H. The second kappa shape index (κ2) is 10.5. The zero-order valence-corrected chi connectivity index (χ0v) is 16.5. The third kappa shape index (κ3) is 6.26. The Morgan fingerprint density at radius 2 is 2.08 bits per heavy atom. The number of benzene rings is 1. The van der Waals surface area contributed by atoms with Crippen LogP contribution in [0.1, 0.15) is 25.3 Å². The fraction of sp³-hybridized carbons (Fsp3) is 0.529. The summed E-state index contributed by atoms with van der Waals surface area (Å²) in [6.45, 7) is 4.14. The van der Waals surface area contributed by atoms with Gasteiger partial charge in [0.2, 0.25) is 5.91 Å². The second-order valence-corrected chi connectivity index (χ2v) is 5.70. The number of likely N-dealkylation sites (tertiary alicyclic amines) is 1. The lowest BCUT2D eigenvalue weighted by Gasteiger charge is -2.18. The van der Waals surface area contributed by atoms with Gasteiger partial charge in [-0.25, -0.2) is 4.39 Å². The van der Waals surface area contributed by atoms with E-state index in [1.54, 1.807) is 19.2 Å². The molecule has 1 aromatic rings. The molecule has 0 bridgehead atoms. The molecule has 0 spiro atoms. The van der Waals surface area contributed by atoms with Crippen LogP contribution >= 0.6 is 24.0 Å². The number of aliphatic imine (C=N–C) groups is 1. The molecule has 24 heavy (non-hydrogen) atoms. The first-order valence-corrected chi connectivity index (χ1v) is 8.11. The molecule has 0 saturated carbocycles. The number of nitrogens with one attached hydrogen (secondary N) is 2. The molecule has 0 aliphatic carbocycles. The van der Waals surface area contributed by atoms with Gasteiger partial charge in [0.15, 0.2) is 5.96 Å². The van der Waals surface area contributed by atoms with Crippen molar-refractivity contribution in [1.82, 2.24) is 15.5 Å². The number of hydrogen-bond acceptors (Lipinski definition) is 2. The van der Waals surface area contributed by atoms with Crippen LogP contribution in [0.2, 0.25) is 0 Å². The summed E-state index contributed by atoms with van der Waals surface area (Å²) >= 11 is 0. The van der Waals surface area contributed by atoms with E-state index in [-0.39, 0.29) is 41.7 Å². The first-order chi connectivity index (χ1) is 11.1. The minimum atomic E-state index is -0.216. The number of nitrogens with zero attached hydrogens (tertiary/aromatic N) is 2. The molecule has 1 aliphatic rings. The highest BCUT2D eigenvalue weighted by atomic mass is 127. The fourth-order valence-electron chi connectivity index (χ4n) is 2.69. The number of hydrogen-bond donors (Lipinski definition) is 2. The van der Waals surface area contributed by atoms with Crippen LogP contribution in [-0.2, 0) is 11.2 Å². The van der Waals surface area contributed by atoms with Gasteiger partial charge in [-0.15, -0.1) is 24.0 Å². The summed E-state index contributed by atoms with van der Waals surface area (Å²) in [6, 6.07) is 6.76. The lowest BCUT2D eigenvalue weighted by molar-refractivity contribution is -0.129. The molecule has 5 nitrogen and oxygen atoms in total. The highest BCUT2D eigenvalue weighted by molar-refractivity contribution is 14.0. The maximum atomic E-state index is 12.9. The molecular formula is C17H26FIN4O. The molecule has 1 amide bonds. The Hall–Kier alpha value is -1.38. The van der Waals surface area contributed by atoms with Gasteiger partial charge in [0.25, 0.3) is 0 Å². The molecule has 2 N–H and O–H groups in total. The van der Waals surface area contributed by atoms with E-state index in [2.05, 4.69) is 15.6 Å². The number of rotatable bonds is 5. The quantitative estimate of drug-likeness (QED) is 0.413. The van der Waals surface area contributed by atoms with Crippen molar-refractivity contribution >= 4 is 35.8 Å². The Labute approximate surface area is 160 Å². The van der Waals surface area contributed by atoms with Crippen molar-refractivity contribution in [3.8, 4) is 0 Å². The summed E-state index contributed by atoms with van der Waals surface area (Å²) in [6.07, 6.45) is 2.29. The van der Waals surface area contributed by atoms with Gasteiger partial charge in [0.05, 0.1) is 0 Å². The van der Waals surface area contributed by atoms with Gasteiger partial charge in [0.1, 0.15) is 5.82 Å². The van der Waals surface area contributed by atoms with E-state index >= 15 is 0 Å². The van der Waals surface area contributed by atoms with Gasteiger partial charge >= 0.3 is 0 Å². The predicted octanol–water partition coefficient (Wildman–Crippen LogP) is 2.16. The lowest BCUT2D eigenvalue weighted by atomic mass is 10.1. The Kier molecular flexibility index (Phi) is 9.02. The summed E-state index contributed by atoms with van der Waals surface area (Å²) in [5, 5.41) is 6.61. The molecule has 7 heteroatoms. The van der Waals surface area contributed by atoms with Crippen LogP contribution in [0.3, 0.4) is 0 Å². The van der Waals surface area contributed by atoms with Crippen molar-refractivity contribution < 1.29 is 9.18 Å². The van der Waals surface area contributed by atoms with E-state index in [1.807, 2.05) is 11.8 Å². The zero-order valence-electron chi connectivity index (χ0n) is 14.2. The van der Waals surface area contributed by atoms with Crippen molar-refractivity contribution in [2.45, 2.75) is 32.2 Å². The Bertz CT molecular complexity index is 550. The molecule has 0 aromatic heterocycles. The van der Waals surface area contributed by atoms with Gasteiger partial charge in [-0.3, -0.25) is 9.79 Å². The number of halogens is 2. The monoisotopic (exact) mass is 448 g/mol. The Morgan fingerprint density at radius 1 is 1.38 bits per heavy atom. The highest BCUT2D eigenvalue weighted by Crippen LogP contribution is 2.10. The minimum Gasteiger partial charge on any atom is -0.356 e. The van der Waals surface area contributed by atoms with Gasteiger partial charge in [-0.1, -0.05) is 19.1 Å². The molecule has 0 radical (unpaired) electrons. The van der Waals surface area contributed by atoms with Crippen LogP contribution in [0.4, 0.5) is 4.39 Å². The molecule has 1 aromatic carbocycles. The average molecular weight is 448 g/mol. The Balaban J connectivity index is 0.00000288. The number of amides is 1. The van der Waals surface area contributed by atoms with Crippen LogP contribution in [0.15, 0.2) is 29.3 Å². The van der Waals surface area contributed by atoms with E-state index in [0.29, 0.717) is 6.42 Å². The van der Waals surface area contributed by atoms with Crippen molar-refractivity contribution in [3.05, 3.63) is 35.6 Å². The van der Waals surface area contributed by atoms with Crippen LogP contribution in [0.5, 0.6) is 0 Å². The van der Waals surface area contributed by atoms with Gasteiger partial charge < -0.3 is 15.5 Å². The van der Waals surface area contributed by atoms with E-state index in [9.17, 15) is 9.18 Å². The van der Waals surface area contributed by atoms with Gasteiger partial charge in [0, 0.05) is 39.1 Å². The summed E-state index contributed by atoms with van der Waals surface area (Å²) < 4.78 is 12.9. The van der Waals surface area contributed by atoms with Crippen LogP contribution in [0, 0.1) is 5.82 Å². The van der Waals surface area contributed by atoms with Crippen molar-refractivity contribution in [2.75, 3.05) is 26.7 Å².